The first-order valence-corrected chi connectivity index (χ1v) is 6.75. The predicted octanol–water partition coefficient (Wildman–Crippen LogP) is 4.69. The van der Waals surface area contributed by atoms with Crippen molar-refractivity contribution in [1.82, 2.24) is 0 Å². The Morgan fingerprint density at radius 2 is 1.85 bits per heavy atom. The lowest BCUT2D eigenvalue weighted by Crippen LogP contribution is -2.09. The normalized spacial score (nSPS) is 11.2. The first kappa shape index (κ1) is 14.4. The molecule has 20 heavy (non-hydrogen) atoms. The molecule has 2 rings (SSSR count). The highest BCUT2D eigenvalue weighted by Gasteiger charge is 2.04. The number of halogens is 1. The number of hydrogen-bond acceptors (Lipinski definition) is 1. The lowest BCUT2D eigenvalue weighted by molar-refractivity contribution is -0.111. The summed E-state index contributed by atoms with van der Waals surface area (Å²) in [6, 6.07) is 15.3. The fourth-order valence-electron chi connectivity index (χ4n) is 1.87. The lowest BCUT2D eigenvalue weighted by Gasteiger charge is -2.07. The number of carbonyl (C=O) groups excluding carboxylic acids is 1. The molecule has 3 heteroatoms. The van der Waals surface area contributed by atoms with Gasteiger partial charge in [0.25, 0.3) is 0 Å². The van der Waals surface area contributed by atoms with E-state index in [1.165, 1.54) is 0 Å². The van der Waals surface area contributed by atoms with Gasteiger partial charge in [0.1, 0.15) is 0 Å². The van der Waals surface area contributed by atoms with Crippen LogP contribution in [0, 0.1) is 6.92 Å². The zero-order chi connectivity index (χ0) is 14.5. The Kier molecular flexibility index (Phi) is 4.59. The largest absolute Gasteiger partial charge is 0.321 e. The number of rotatable bonds is 3. The van der Waals surface area contributed by atoms with Crippen molar-refractivity contribution in [3.8, 4) is 0 Å². The fourth-order valence-corrected chi connectivity index (χ4v) is 2.15. The monoisotopic (exact) mass is 285 g/mol. The molecule has 2 nitrogen and oxygen atoms in total. The van der Waals surface area contributed by atoms with Gasteiger partial charge in [0.15, 0.2) is 0 Å². The van der Waals surface area contributed by atoms with Crippen molar-refractivity contribution in [2.24, 2.45) is 0 Å². The highest BCUT2D eigenvalue weighted by Crippen LogP contribution is 2.23. The third-order valence-electron chi connectivity index (χ3n) is 2.96. The van der Waals surface area contributed by atoms with Gasteiger partial charge in [-0.25, -0.2) is 0 Å². The molecule has 0 aliphatic heterocycles. The van der Waals surface area contributed by atoms with E-state index in [4.69, 9.17) is 11.6 Å². The van der Waals surface area contributed by atoms with Crippen molar-refractivity contribution in [2.75, 3.05) is 5.32 Å². The summed E-state index contributed by atoms with van der Waals surface area (Å²) >= 11 is 6.09. The number of anilines is 1. The Morgan fingerprint density at radius 3 is 2.50 bits per heavy atom. The van der Waals surface area contributed by atoms with Gasteiger partial charge in [0.2, 0.25) is 5.91 Å². The molecule has 0 aliphatic carbocycles. The predicted molar refractivity (Wildman–Crippen MR) is 84.9 cm³/mol. The van der Waals surface area contributed by atoms with Crippen LogP contribution in [0.1, 0.15) is 18.1 Å². The lowest BCUT2D eigenvalue weighted by atomic mass is 10.1. The summed E-state index contributed by atoms with van der Waals surface area (Å²) in [7, 11) is 0. The molecule has 0 heterocycles. The molecule has 0 saturated heterocycles. The maximum absolute atomic E-state index is 12.0. The number of aryl methyl sites for hydroxylation is 1. The SMILES string of the molecule is C/C(=C/C(=O)Nc1ccc(C)cc1Cl)c1ccccc1. The van der Waals surface area contributed by atoms with Crippen LogP contribution in [0.4, 0.5) is 5.69 Å². The Labute approximate surface area is 124 Å². The minimum Gasteiger partial charge on any atom is -0.321 e. The Morgan fingerprint density at radius 1 is 1.15 bits per heavy atom. The summed E-state index contributed by atoms with van der Waals surface area (Å²) in [5.41, 5.74) is 3.62. The van der Waals surface area contributed by atoms with Gasteiger partial charge in [-0.3, -0.25) is 4.79 Å². The minimum atomic E-state index is -0.183. The number of allylic oxidation sites excluding steroid dienone is 1. The number of amides is 1. The summed E-state index contributed by atoms with van der Waals surface area (Å²) in [6.07, 6.45) is 1.57. The van der Waals surface area contributed by atoms with Gasteiger partial charge in [0.05, 0.1) is 10.7 Å². The number of benzene rings is 2. The summed E-state index contributed by atoms with van der Waals surface area (Å²) in [5.74, 6) is -0.183. The topological polar surface area (TPSA) is 29.1 Å². The van der Waals surface area contributed by atoms with E-state index < -0.39 is 0 Å². The minimum absolute atomic E-state index is 0.183. The van der Waals surface area contributed by atoms with Crippen LogP contribution in [0.2, 0.25) is 5.02 Å². The van der Waals surface area contributed by atoms with Gasteiger partial charge in [0, 0.05) is 6.08 Å². The molecule has 0 fully saturated rings. The third-order valence-corrected chi connectivity index (χ3v) is 3.27. The Bertz CT molecular complexity index is 647. The molecule has 0 aliphatic rings. The molecule has 0 radical (unpaired) electrons. The molecule has 0 unspecified atom stereocenters. The molecule has 1 N–H and O–H groups in total. The zero-order valence-electron chi connectivity index (χ0n) is 11.5. The molecular formula is C17H16ClNO. The second-order valence-electron chi connectivity index (χ2n) is 4.67. The van der Waals surface area contributed by atoms with Crippen molar-refractivity contribution < 1.29 is 4.79 Å². The van der Waals surface area contributed by atoms with E-state index in [2.05, 4.69) is 5.32 Å². The van der Waals surface area contributed by atoms with Gasteiger partial charge >= 0.3 is 0 Å². The van der Waals surface area contributed by atoms with Crippen molar-refractivity contribution >= 4 is 28.8 Å². The van der Waals surface area contributed by atoms with E-state index in [0.717, 1.165) is 16.7 Å². The van der Waals surface area contributed by atoms with E-state index >= 15 is 0 Å². The van der Waals surface area contributed by atoms with E-state index in [1.54, 1.807) is 12.1 Å². The van der Waals surface area contributed by atoms with E-state index in [-0.39, 0.29) is 5.91 Å². The molecule has 2 aromatic rings. The van der Waals surface area contributed by atoms with Crippen LogP contribution in [-0.4, -0.2) is 5.91 Å². The zero-order valence-corrected chi connectivity index (χ0v) is 12.2. The maximum Gasteiger partial charge on any atom is 0.248 e. The number of carbonyl (C=O) groups is 1. The van der Waals surface area contributed by atoms with Gasteiger partial charge in [-0.05, 0) is 42.7 Å². The fraction of sp³-hybridized carbons (Fsp3) is 0.118. The van der Waals surface area contributed by atoms with E-state index in [9.17, 15) is 4.79 Å². The van der Waals surface area contributed by atoms with E-state index in [1.807, 2.05) is 56.3 Å². The van der Waals surface area contributed by atoms with Gasteiger partial charge in [-0.2, -0.15) is 0 Å². The Hall–Kier alpha value is -2.06. The second-order valence-corrected chi connectivity index (χ2v) is 5.07. The quantitative estimate of drug-likeness (QED) is 0.814. The Balaban J connectivity index is 2.13. The smallest absolute Gasteiger partial charge is 0.248 e. The maximum atomic E-state index is 12.0. The van der Waals surface area contributed by atoms with Crippen LogP contribution in [0.5, 0.6) is 0 Å². The third kappa shape index (κ3) is 3.72. The molecule has 2 aromatic carbocycles. The average Bonchev–Trinajstić information content (AvgIpc) is 2.43. The average molecular weight is 286 g/mol. The van der Waals surface area contributed by atoms with Crippen LogP contribution in [0.3, 0.4) is 0 Å². The van der Waals surface area contributed by atoms with Crippen molar-refractivity contribution in [3.63, 3.8) is 0 Å². The summed E-state index contributed by atoms with van der Waals surface area (Å²) in [5, 5.41) is 3.34. The molecule has 0 saturated carbocycles. The molecule has 1 amide bonds. The molecule has 102 valence electrons. The van der Waals surface area contributed by atoms with Gasteiger partial charge in [-0.15, -0.1) is 0 Å². The first-order valence-electron chi connectivity index (χ1n) is 6.37. The highest BCUT2D eigenvalue weighted by atomic mass is 35.5. The van der Waals surface area contributed by atoms with Crippen molar-refractivity contribution in [1.29, 1.82) is 0 Å². The number of hydrogen-bond donors (Lipinski definition) is 1. The van der Waals surface area contributed by atoms with Crippen LogP contribution in [-0.2, 0) is 4.79 Å². The summed E-state index contributed by atoms with van der Waals surface area (Å²) < 4.78 is 0. The molecule has 0 bridgehead atoms. The highest BCUT2D eigenvalue weighted by molar-refractivity contribution is 6.34. The number of nitrogens with one attached hydrogen (secondary N) is 1. The standard InChI is InChI=1S/C17H16ClNO/c1-12-8-9-16(15(18)10-12)19-17(20)11-13(2)14-6-4-3-5-7-14/h3-11H,1-2H3,(H,19,20)/b13-11-. The second kappa shape index (κ2) is 6.40. The van der Waals surface area contributed by atoms with Crippen LogP contribution in [0.15, 0.2) is 54.6 Å². The van der Waals surface area contributed by atoms with Crippen molar-refractivity contribution in [2.45, 2.75) is 13.8 Å². The molecule has 0 atom stereocenters. The van der Waals surface area contributed by atoms with Crippen LogP contribution < -0.4 is 5.32 Å². The van der Waals surface area contributed by atoms with Crippen LogP contribution >= 0.6 is 11.6 Å². The molecule has 0 spiro atoms. The van der Waals surface area contributed by atoms with Gasteiger partial charge < -0.3 is 5.32 Å². The first-order chi connectivity index (χ1) is 9.56. The summed E-state index contributed by atoms with van der Waals surface area (Å²) in [6.45, 7) is 3.86. The van der Waals surface area contributed by atoms with Crippen molar-refractivity contribution in [3.05, 3.63) is 70.8 Å². The van der Waals surface area contributed by atoms with Crippen LogP contribution in [0.25, 0.3) is 5.57 Å². The summed E-state index contributed by atoms with van der Waals surface area (Å²) in [4.78, 5) is 12.0. The molecular weight excluding hydrogens is 270 g/mol. The molecule has 0 aromatic heterocycles. The van der Waals surface area contributed by atoms with Gasteiger partial charge in [-0.1, -0.05) is 48.0 Å². The van der Waals surface area contributed by atoms with E-state index in [0.29, 0.717) is 10.7 Å².